The number of nitrogens with one attached hydrogen (secondary N) is 1. The maximum Gasteiger partial charge on any atom is 0.257 e. The number of methoxy groups -OCH3 is 1. The lowest BCUT2D eigenvalue weighted by molar-refractivity contribution is -0.132. The molecule has 0 spiro atoms. The van der Waals surface area contributed by atoms with Gasteiger partial charge in [-0.05, 0) is 36.5 Å². The van der Waals surface area contributed by atoms with Gasteiger partial charge in [0.05, 0.1) is 7.11 Å². The maximum absolute atomic E-state index is 13.3. The minimum absolute atomic E-state index is 0.138. The van der Waals surface area contributed by atoms with Gasteiger partial charge in [0.15, 0.2) is 11.5 Å². The van der Waals surface area contributed by atoms with Gasteiger partial charge in [-0.25, -0.2) is 0 Å². The molecule has 5 rings (SSSR count). The van der Waals surface area contributed by atoms with Crippen LogP contribution in [0.25, 0.3) is 0 Å². The summed E-state index contributed by atoms with van der Waals surface area (Å²) >= 11 is 0. The zero-order chi connectivity index (χ0) is 24.4. The minimum atomic E-state index is -0.325. The Labute approximate surface area is 204 Å². The molecule has 1 aliphatic carbocycles. The molecule has 2 aliphatic heterocycles. The Hall–Kier alpha value is -3.49. The summed E-state index contributed by atoms with van der Waals surface area (Å²) in [5.41, 5.74) is 1.59. The molecule has 1 aromatic heterocycles. The van der Waals surface area contributed by atoms with Crippen LogP contribution in [0.3, 0.4) is 0 Å². The number of aromatic nitrogens is 1. The number of benzene rings is 1. The van der Waals surface area contributed by atoms with Gasteiger partial charge in [0, 0.05) is 50.8 Å². The number of fused-ring (bicyclic) bond motifs is 2. The molecular formula is C26H31N3O6. The second-order valence-corrected chi connectivity index (χ2v) is 9.38. The summed E-state index contributed by atoms with van der Waals surface area (Å²) in [5, 5.41) is 2.94. The minimum Gasteiger partial charge on any atom is -0.496 e. The topological polar surface area (TPSA) is 99.1 Å². The quantitative estimate of drug-likeness (QED) is 0.681. The van der Waals surface area contributed by atoms with Gasteiger partial charge in [-0.2, -0.15) is 0 Å². The van der Waals surface area contributed by atoms with Crippen molar-refractivity contribution in [2.24, 2.45) is 5.92 Å². The molecule has 1 saturated carbocycles. The normalized spacial score (nSPS) is 17.1. The third-order valence-electron chi connectivity index (χ3n) is 7.22. The first kappa shape index (κ1) is 23.3. The molecule has 9 heteroatoms. The maximum atomic E-state index is 13.3. The van der Waals surface area contributed by atoms with Crippen molar-refractivity contribution in [2.45, 2.75) is 51.6 Å². The van der Waals surface area contributed by atoms with Crippen LogP contribution in [0.4, 0.5) is 0 Å². The molecule has 186 valence electrons. The first-order valence-electron chi connectivity index (χ1n) is 12.3. The number of rotatable bonds is 6. The van der Waals surface area contributed by atoms with Gasteiger partial charge in [0.2, 0.25) is 12.7 Å². The lowest BCUT2D eigenvalue weighted by atomic mass is 10.0. The van der Waals surface area contributed by atoms with Crippen molar-refractivity contribution in [1.82, 2.24) is 14.8 Å². The Kier molecular flexibility index (Phi) is 6.66. The number of amides is 2. The Morgan fingerprint density at radius 1 is 1.09 bits per heavy atom. The zero-order valence-electron chi connectivity index (χ0n) is 20.0. The molecule has 9 nitrogen and oxygen atoms in total. The van der Waals surface area contributed by atoms with Crippen molar-refractivity contribution in [3.05, 3.63) is 51.4 Å². The molecule has 1 fully saturated rings. The fourth-order valence-electron chi connectivity index (χ4n) is 5.32. The summed E-state index contributed by atoms with van der Waals surface area (Å²) in [7, 11) is 1.45. The molecule has 2 aromatic rings. The van der Waals surface area contributed by atoms with E-state index in [1.807, 2.05) is 23.1 Å². The third-order valence-corrected chi connectivity index (χ3v) is 7.22. The Balaban J connectivity index is 1.33. The standard InChI is InChI=1S/C26H31N3O6/c1-33-22-14-24(31)29-11-10-28(23(30)13-17-4-2-3-5-17)9-8-19(29)25(22)26(32)27-15-18-6-7-20-21(12-18)35-16-34-20/h6-7,12,14,17H,2-5,8-11,13,15-16H2,1H3,(H,27,32). The van der Waals surface area contributed by atoms with Crippen molar-refractivity contribution in [3.63, 3.8) is 0 Å². The molecule has 1 aromatic carbocycles. The highest BCUT2D eigenvalue weighted by molar-refractivity contribution is 5.98. The van der Waals surface area contributed by atoms with E-state index >= 15 is 0 Å². The largest absolute Gasteiger partial charge is 0.496 e. The number of hydrogen-bond acceptors (Lipinski definition) is 6. The molecule has 0 saturated heterocycles. The third kappa shape index (κ3) is 4.85. The second kappa shape index (κ2) is 10.0. The van der Waals surface area contributed by atoms with Crippen molar-refractivity contribution < 1.29 is 23.8 Å². The van der Waals surface area contributed by atoms with E-state index < -0.39 is 0 Å². The predicted octanol–water partition coefficient (Wildman–Crippen LogP) is 2.48. The SMILES string of the molecule is COc1cc(=O)n2c(c1C(=O)NCc1ccc3c(c1)OCO3)CCN(C(=O)CC1CCCC1)CC2. The first-order valence-corrected chi connectivity index (χ1v) is 12.3. The Bertz CT molecular complexity index is 1180. The van der Waals surface area contributed by atoms with Crippen LogP contribution in [0.5, 0.6) is 17.2 Å². The molecule has 2 amide bonds. The van der Waals surface area contributed by atoms with E-state index in [2.05, 4.69) is 5.32 Å². The van der Waals surface area contributed by atoms with Gasteiger partial charge >= 0.3 is 0 Å². The average molecular weight is 482 g/mol. The number of ether oxygens (including phenoxy) is 3. The van der Waals surface area contributed by atoms with E-state index in [-0.39, 0.29) is 36.5 Å². The van der Waals surface area contributed by atoms with Crippen LogP contribution < -0.4 is 25.1 Å². The summed E-state index contributed by atoms with van der Waals surface area (Å²) in [6.07, 6.45) is 5.61. The zero-order valence-corrected chi connectivity index (χ0v) is 20.0. The van der Waals surface area contributed by atoms with E-state index in [1.54, 1.807) is 4.57 Å². The van der Waals surface area contributed by atoms with Gasteiger partial charge in [-0.1, -0.05) is 18.9 Å². The highest BCUT2D eigenvalue weighted by Gasteiger charge is 2.28. The monoisotopic (exact) mass is 481 g/mol. The number of carbonyl (C=O) groups is 2. The van der Waals surface area contributed by atoms with Gasteiger partial charge in [0.1, 0.15) is 11.3 Å². The van der Waals surface area contributed by atoms with Gasteiger partial charge in [-0.3, -0.25) is 14.4 Å². The fourth-order valence-corrected chi connectivity index (χ4v) is 5.32. The van der Waals surface area contributed by atoms with E-state index in [0.29, 0.717) is 61.2 Å². The van der Waals surface area contributed by atoms with Crippen LogP contribution in [-0.2, 0) is 24.3 Å². The summed E-state index contributed by atoms with van der Waals surface area (Å²) < 4.78 is 17.8. The van der Waals surface area contributed by atoms with E-state index in [1.165, 1.54) is 26.0 Å². The number of nitrogens with zero attached hydrogens (tertiary/aromatic N) is 2. The predicted molar refractivity (Wildman–Crippen MR) is 128 cm³/mol. The lowest BCUT2D eigenvalue weighted by Gasteiger charge is -2.21. The molecule has 0 atom stereocenters. The smallest absolute Gasteiger partial charge is 0.257 e. The fraction of sp³-hybridized carbons (Fsp3) is 0.500. The van der Waals surface area contributed by atoms with Crippen LogP contribution in [-0.4, -0.2) is 48.3 Å². The second-order valence-electron chi connectivity index (χ2n) is 9.38. The van der Waals surface area contributed by atoms with Gasteiger partial charge < -0.3 is 29.0 Å². The molecule has 0 unspecified atom stereocenters. The Morgan fingerprint density at radius 3 is 2.69 bits per heavy atom. The molecule has 0 bridgehead atoms. The number of carbonyl (C=O) groups excluding carboxylic acids is 2. The van der Waals surface area contributed by atoms with E-state index in [9.17, 15) is 14.4 Å². The van der Waals surface area contributed by atoms with Crippen molar-refractivity contribution in [2.75, 3.05) is 27.0 Å². The van der Waals surface area contributed by atoms with Crippen LogP contribution in [0.2, 0.25) is 0 Å². The summed E-state index contributed by atoms with van der Waals surface area (Å²) in [6, 6.07) is 6.88. The molecule has 0 radical (unpaired) electrons. The molecule has 3 heterocycles. The van der Waals surface area contributed by atoms with Crippen LogP contribution in [0.15, 0.2) is 29.1 Å². The first-order chi connectivity index (χ1) is 17.0. The van der Waals surface area contributed by atoms with Gasteiger partial charge in [0.25, 0.3) is 11.5 Å². The van der Waals surface area contributed by atoms with Crippen molar-refractivity contribution >= 4 is 11.8 Å². The molecule has 35 heavy (non-hydrogen) atoms. The average Bonchev–Trinajstić information content (AvgIpc) is 3.49. The summed E-state index contributed by atoms with van der Waals surface area (Å²) in [4.78, 5) is 40.9. The van der Waals surface area contributed by atoms with E-state index in [4.69, 9.17) is 14.2 Å². The number of pyridine rings is 1. The van der Waals surface area contributed by atoms with Crippen LogP contribution in [0, 0.1) is 5.92 Å². The number of hydrogen-bond donors (Lipinski definition) is 1. The summed E-state index contributed by atoms with van der Waals surface area (Å²) in [6.45, 7) is 1.76. The Morgan fingerprint density at radius 2 is 1.89 bits per heavy atom. The highest BCUT2D eigenvalue weighted by atomic mass is 16.7. The van der Waals surface area contributed by atoms with Gasteiger partial charge in [-0.15, -0.1) is 0 Å². The molecule has 3 aliphatic rings. The van der Waals surface area contributed by atoms with E-state index in [0.717, 1.165) is 18.4 Å². The molecule has 1 N–H and O–H groups in total. The highest BCUT2D eigenvalue weighted by Crippen LogP contribution is 2.32. The lowest BCUT2D eigenvalue weighted by Crippen LogP contribution is -2.35. The van der Waals surface area contributed by atoms with Crippen LogP contribution >= 0.6 is 0 Å². The molecular weight excluding hydrogens is 450 g/mol. The van der Waals surface area contributed by atoms with Crippen LogP contribution in [0.1, 0.15) is 53.7 Å². The summed E-state index contributed by atoms with van der Waals surface area (Å²) in [5.74, 6) is 1.86. The van der Waals surface area contributed by atoms with Crippen molar-refractivity contribution in [1.29, 1.82) is 0 Å². The van der Waals surface area contributed by atoms with Crippen molar-refractivity contribution in [3.8, 4) is 17.2 Å².